The summed E-state index contributed by atoms with van der Waals surface area (Å²) in [7, 11) is -3.22. The first-order valence-corrected chi connectivity index (χ1v) is 8.00. The van der Waals surface area contributed by atoms with E-state index in [4.69, 9.17) is 13.6 Å². The standard InChI is InChI=1S/C7H10O3.C6H15O4P/c1-3-5-9-7(8)10-6-4-2;1-4-8-11(7,9-5-2)10-6-3/h3-4H,1-2,5-6H2;4-6H2,1-3H3. The molecular weight excluding hydrogens is 299 g/mol. The van der Waals surface area contributed by atoms with Crippen molar-refractivity contribution in [3.63, 3.8) is 0 Å². The summed E-state index contributed by atoms with van der Waals surface area (Å²) in [6.07, 6.45) is 2.24. The van der Waals surface area contributed by atoms with Gasteiger partial charge in [0.1, 0.15) is 13.2 Å². The van der Waals surface area contributed by atoms with Crippen molar-refractivity contribution in [1.82, 2.24) is 0 Å². The molecule has 0 saturated heterocycles. The van der Waals surface area contributed by atoms with Gasteiger partial charge in [0.2, 0.25) is 0 Å². The first kappa shape index (κ1) is 22.1. The molecule has 0 fully saturated rings. The van der Waals surface area contributed by atoms with Crippen molar-refractivity contribution in [1.29, 1.82) is 0 Å². The molecule has 0 amide bonds. The Morgan fingerprint density at radius 2 is 1.24 bits per heavy atom. The van der Waals surface area contributed by atoms with Crippen LogP contribution in [0.25, 0.3) is 0 Å². The quantitative estimate of drug-likeness (QED) is 0.344. The fraction of sp³-hybridized carbons (Fsp3) is 0.615. The van der Waals surface area contributed by atoms with E-state index in [9.17, 15) is 9.36 Å². The second-order valence-corrected chi connectivity index (χ2v) is 4.82. The van der Waals surface area contributed by atoms with Gasteiger partial charge in [-0.25, -0.2) is 9.36 Å². The van der Waals surface area contributed by atoms with Crippen LogP contribution >= 0.6 is 7.82 Å². The Hall–Kier alpha value is -1.14. The van der Waals surface area contributed by atoms with Crippen LogP contribution in [0.3, 0.4) is 0 Å². The van der Waals surface area contributed by atoms with Gasteiger partial charge in [-0.2, -0.15) is 0 Å². The van der Waals surface area contributed by atoms with E-state index < -0.39 is 14.0 Å². The first-order valence-electron chi connectivity index (χ1n) is 6.54. The number of hydrogen-bond acceptors (Lipinski definition) is 7. The molecule has 0 saturated carbocycles. The van der Waals surface area contributed by atoms with Crippen molar-refractivity contribution in [2.75, 3.05) is 33.0 Å². The molecule has 0 heterocycles. The molecule has 0 unspecified atom stereocenters. The number of phosphoric ester groups is 1. The highest BCUT2D eigenvalue weighted by Gasteiger charge is 2.23. The summed E-state index contributed by atoms with van der Waals surface area (Å²) in [5.41, 5.74) is 0. The molecule has 0 aromatic heterocycles. The molecular formula is C13H25O7P. The third-order valence-corrected chi connectivity index (χ3v) is 3.22. The molecule has 0 radical (unpaired) electrons. The first-order chi connectivity index (χ1) is 9.99. The maximum absolute atomic E-state index is 11.3. The number of carbonyl (C=O) groups excluding carboxylic acids is 1. The van der Waals surface area contributed by atoms with Gasteiger partial charge in [0.15, 0.2) is 0 Å². The van der Waals surface area contributed by atoms with Crippen molar-refractivity contribution in [2.45, 2.75) is 20.8 Å². The summed E-state index contributed by atoms with van der Waals surface area (Å²) in [4.78, 5) is 10.4. The van der Waals surface area contributed by atoms with E-state index in [0.717, 1.165) is 0 Å². The molecule has 21 heavy (non-hydrogen) atoms. The molecule has 0 atom stereocenters. The largest absolute Gasteiger partial charge is 0.508 e. The van der Waals surface area contributed by atoms with Crippen LogP contribution in [-0.4, -0.2) is 39.2 Å². The molecule has 8 heteroatoms. The Balaban J connectivity index is 0. The van der Waals surface area contributed by atoms with E-state index in [1.807, 2.05) is 0 Å². The molecule has 0 aliphatic carbocycles. The van der Waals surface area contributed by atoms with Gasteiger partial charge in [-0.05, 0) is 20.8 Å². The summed E-state index contributed by atoms with van der Waals surface area (Å²) in [5, 5.41) is 0. The molecule has 124 valence electrons. The Kier molecular flexibility index (Phi) is 16.1. The number of hydrogen-bond donors (Lipinski definition) is 0. The summed E-state index contributed by atoms with van der Waals surface area (Å²) in [5.74, 6) is 0. The lowest BCUT2D eigenvalue weighted by Crippen LogP contribution is -2.06. The van der Waals surface area contributed by atoms with Crippen LogP contribution < -0.4 is 0 Å². The second kappa shape index (κ2) is 15.3. The van der Waals surface area contributed by atoms with Crippen LogP contribution in [0.2, 0.25) is 0 Å². The summed E-state index contributed by atoms with van der Waals surface area (Å²) >= 11 is 0. The Bertz CT molecular complexity index is 293. The third kappa shape index (κ3) is 15.1. The zero-order chi connectivity index (χ0) is 16.6. The van der Waals surface area contributed by atoms with Gasteiger partial charge in [-0.15, -0.1) is 0 Å². The molecule has 0 aliphatic rings. The molecule has 7 nitrogen and oxygen atoms in total. The minimum atomic E-state index is -3.22. The number of rotatable bonds is 10. The smallest absolute Gasteiger partial charge is 0.430 e. The van der Waals surface area contributed by atoms with Crippen molar-refractivity contribution in [2.24, 2.45) is 0 Å². The Labute approximate surface area is 126 Å². The SMILES string of the molecule is C=CCOC(=O)OCC=C.CCOP(=O)(OCC)OCC. The van der Waals surface area contributed by atoms with Gasteiger partial charge < -0.3 is 9.47 Å². The maximum Gasteiger partial charge on any atom is 0.508 e. The maximum atomic E-state index is 11.3. The molecule has 0 bridgehead atoms. The van der Waals surface area contributed by atoms with Crippen LogP contribution in [0.4, 0.5) is 4.79 Å². The fourth-order valence-corrected chi connectivity index (χ4v) is 2.05. The Morgan fingerprint density at radius 1 is 0.905 bits per heavy atom. The van der Waals surface area contributed by atoms with E-state index in [0.29, 0.717) is 19.8 Å². The monoisotopic (exact) mass is 324 g/mol. The lowest BCUT2D eigenvalue weighted by Gasteiger charge is -2.14. The topological polar surface area (TPSA) is 80.3 Å². The minimum absolute atomic E-state index is 0.177. The van der Waals surface area contributed by atoms with E-state index >= 15 is 0 Å². The highest BCUT2D eigenvalue weighted by molar-refractivity contribution is 7.48. The zero-order valence-electron chi connectivity index (χ0n) is 12.9. The van der Waals surface area contributed by atoms with E-state index in [1.54, 1.807) is 20.8 Å². The normalized spacial score (nSPS) is 10.0. The van der Waals surface area contributed by atoms with Gasteiger partial charge >= 0.3 is 14.0 Å². The van der Waals surface area contributed by atoms with Gasteiger partial charge in [-0.1, -0.05) is 25.3 Å². The number of phosphoric acid groups is 1. The lowest BCUT2D eigenvalue weighted by atomic mass is 10.7. The van der Waals surface area contributed by atoms with Crippen molar-refractivity contribution in [3.05, 3.63) is 25.3 Å². The summed E-state index contributed by atoms with van der Waals surface area (Å²) < 4.78 is 34.7. The fourth-order valence-electron chi connectivity index (χ4n) is 0.882. The number of carbonyl (C=O) groups is 1. The zero-order valence-corrected chi connectivity index (χ0v) is 13.8. The third-order valence-electron chi connectivity index (χ3n) is 1.50. The van der Waals surface area contributed by atoms with Crippen molar-refractivity contribution < 1.29 is 32.4 Å². The van der Waals surface area contributed by atoms with Crippen molar-refractivity contribution in [3.8, 4) is 0 Å². The highest BCUT2D eigenvalue weighted by atomic mass is 31.2. The van der Waals surface area contributed by atoms with E-state index in [2.05, 4.69) is 22.6 Å². The Morgan fingerprint density at radius 3 is 1.48 bits per heavy atom. The van der Waals surface area contributed by atoms with E-state index in [-0.39, 0.29) is 13.2 Å². The molecule has 0 spiro atoms. The molecule has 0 aromatic carbocycles. The summed E-state index contributed by atoms with van der Waals surface area (Å²) in [6, 6.07) is 0. The van der Waals surface area contributed by atoms with E-state index in [1.165, 1.54) is 12.2 Å². The molecule has 0 N–H and O–H groups in total. The second-order valence-electron chi connectivity index (χ2n) is 3.15. The molecule has 0 aromatic rings. The van der Waals surface area contributed by atoms with Gasteiger partial charge in [0, 0.05) is 0 Å². The summed E-state index contributed by atoms with van der Waals surface area (Å²) in [6.45, 7) is 13.3. The minimum Gasteiger partial charge on any atom is -0.430 e. The molecule has 0 rings (SSSR count). The lowest BCUT2D eigenvalue weighted by molar-refractivity contribution is 0.0718. The predicted octanol–water partition coefficient (Wildman–Crippen LogP) is 3.72. The van der Waals surface area contributed by atoms with Crippen molar-refractivity contribution >= 4 is 14.0 Å². The van der Waals surface area contributed by atoms with Gasteiger partial charge in [0.25, 0.3) is 0 Å². The van der Waals surface area contributed by atoms with Gasteiger partial charge in [0.05, 0.1) is 19.8 Å². The average molecular weight is 324 g/mol. The van der Waals surface area contributed by atoms with Gasteiger partial charge in [-0.3, -0.25) is 13.6 Å². The van der Waals surface area contributed by atoms with Crippen LogP contribution in [0, 0.1) is 0 Å². The molecule has 0 aliphatic heterocycles. The predicted molar refractivity (Wildman–Crippen MR) is 80.2 cm³/mol. The highest BCUT2D eigenvalue weighted by Crippen LogP contribution is 2.48. The number of ether oxygens (including phenoxy) is 2. The van der Waals surface area contributed by atoms with Crippen LogP contribution in [0.1, 0.15) is 20.8 Å². The van der Waals surface area contributed by atoms with Crippen LogP contribution in [-0.2, 0) is 27.6 Å². The average Bonchev–Trinajstić information content (AvgIpc) is 2.44. The van der Waals surface area contributed by atoms with Crippen LogP contribution in [0.15, 0.2) is 25.3 Å². The van der Waals surface area contributed by atoms with Crippen LogP contribution in [0.5, 0.6) is 0 Å².